The van der Waals surface area contributed by atoms with E-state index in [1.165, 1.54) is 0 Å². The van der Waals surface area contributed by atoms with Gasteiger partial charge in [-0.25, -0.2) is 0 Å². The van der Waals surface area contributed by atoms with Crippen LogP contribution in [-0.4, -0.2) is 63.6 Å². The van der Waals surface area contributed by atoms with Gasteiger partial charge in [0.15, 0.2) is 11.5 Å². The third-order valence-electron chi connectivity index (χ3n) is 5.10. The van der Waals surface area contributed by atoms with Crippen LogP contribution in [-0.2, 0) is 4.74 Å². The quantitative estimate of drug-likeness (QED) is 0.780. The summed E-state index contributed by atoms with van der Waals surface area (Å²) in [7, 11) is 3.15. The van der Waals surface area contributed by atoms with Gasteiger partial charge in [-0.05, 0) is 36.5 Å². The van der Waals surface area contributed by atoms with Crippen LogP contribution >= 0.6 is 24.8 Å². The summed E-state index contributed by atoms with van der Waals surface area (Å²) in [5, 5.41) is 13.6. The normalized spacial score (nSPS) is 19.8. The molecule has 2 heterocycles. The van der Waals surface area contributed by atoms with Crippen molar-refractivity contribution in [2.45, 2.75) is 18.9 Å². The smallest absolute Gasteiger partial charge is 0.200 e. The van der Waals surface area contributed by atoms with Crippen molar-refractivity contribution in [3.63, 3.8) is 0 Å². The molecule has 1 atom stereocenters. The number of methoxy groups -OCH3 is 2. The minimum atomic E-state index is 0. The largest absolute Gasteiger partial charge is 0.502 e. The highest BCUT2D eigenvalue weighted by Crippen LogP contribution is 2.43. The molecule has 0 unspecified atom stereocenters. The van der Waals surface area contributed by atoms with Crippen LogP contribution in [0.4, 0.5) is 0 Å². The Morgan fingerprint density at radius 1 is 1.08 bits per heavy atom. The fourth-order valence-corrected chi connectivity index (χ4v) is 3.86. The molecule has 3 rings (SSSR count). The van der Waals surface area contributed by atoms with Gasteiger partial charge in [-0.3, -0.25) is 4.90 Å². The van der Waals surface area contributed by atoms with Crippen LogP contribution in [0.25, 0.3) is 0 Å². The number of ether oxygens (including phenoxy) is 3. The van der Waals surface area contributed by atoms with Crippen LogP contribution < -0.4 is 14.8 Å². The lowest BCUT2D eigenvalue weighted by Crippen LogP contribution is -2.47. The van der Waals surface area contributed by atoms with E-state index in [4.69, 9.17) is 14.2 Å². The molecule has 6 nitrogen and oxygen atoms in total. The molecule has 2 saturated heterocycles. The van der Waals surface area contributed by atoms with E-state index in [1.54, 1.807) is 14.2 Å². The molecule has 0 bridgehead atoms. The Morgan fingerprint density at radius 3 is 2.12 bits per heavy atom. The molecule has 0 aliphatic carbocycles. The number of phenolic OH excluding ortho intramolecular Hbond substituents is 1. The predicted octanol–water partition coefficient (Wildman–Crippen LogP) is 2.63. The van der Waals surface area contributed by atoms with Gasteiger partial charge in [-0.2, -0.15) is 0 Å². The molecule has 150 valence electrons. The first-order chi connectivity index (χ1) is 11.7. The second-order valence-electron chi connectivity index (χ2n) is 6.45. The third kappa shape index (κ3) is 5.08. The third-order valence-corrected chi connectivity index (χ3v) is 5.10. The van der Waals surface area contributed by atoms with Gasteiger partial charge >= 0.3 is 0 Å². The first-order valence-corrected chi connectivity index (χ1v) is 8.72. The summed E-state index contributed by atoms with van der Waals surface area (Å²) in [5.74, 6) is 1.54. The number of nitrogens with one attached hydrogen (secondary N) is 1. The monoisotopic (exact) mass is 408 g/mol. The van der Waals surface area contributed by atoms with E-state index in [9.17, 15) is 5.11 Å². The molecule has 0 aromatic heterocycles. The van der Waals surface area contributed by atoms with E-state index in [0.29, 0.717) is 23.5 Å². The molecule has 0 amide bonds. The van der Waals surface area contributed by atoms with Gasteiger partial charge in [0.25, 0.3) is 0 Å². The van der Waals surface area contributed by atoms with Crippen molar-refractivity contribution in [3.8, 4) is 17.2 Å². The van der Waals surface area contributed by atoms with Crippen LogP contribution in [0.5, 0.6) is 17.2 Å². The van der Waals surface area contributed by atoms with Crippen LogP contribution in [0.2, 0.25) is 0 Å². The number of aromatic hydroxyl groups is 1. The van der Waals surface area contributed by atoms with Gasteiger partial charge in [0.1, 0.15) is 0 Å². The minimum Gasteiger partial charge on any atom is -0.502 e. The topological polar surface area (TPSA) is 63.2 Å². The maximum atomic E-state index is 10.2. The highest BCUT2D eigenvalue weighted by Gasteiger charge is 2.32. The highest BCUT2D eigenvalue weighted by atomic mass is 35.5. The van der Waals surface area contributed by atoms with E-state index < -0.39 is 0 Å². The van der Waals surface area contributed by atoms with Crippen molar-refractivity contribution >= 4 is 24.8 Å². The Balaban J connectivity index is 0.00000169. The number of halogens is 2. The van der Waals surface area contributed by atoms with Crippen LogP contribution in [0, 0.1) is 5.92 Å². The van der Waals surface area contributed by atoms with Crippen LogP contribution in [0.15, 0.2) is 12.1 Å². The Hall–Kier alpha value is -0.920. The first-order valence-electron chi connectivity index (χ1n) is 8.72. The maximum Gasteiger partial charge on any atom is 0.200 e. The number of benzene rings is 1. The van der Waals surface area contributed by atoms with Gasteiger partial charge in [-0.1, -0.05) is 0 Å². The molecule has 1 aromatic rings. The highest BCUT2D eigenvalue weighted by molar-refractivity contribution is 5.85. The Morgan fingerprint density at radius 2 is 1.62 bits per heavy atom. The fraction of sp³-hybridized carbons (Fsp3) is 0.667. The minimum absolute atomic E-state index is 0. The van der Waals surface area contributed by atoms with Gasteiger partial charge in [0.2, 0.25) is 5.75 Å². The summed E-state index contributed by atoms with van der Waals surface area (Å²) >= 11 is 0. The number of hydrogen-bond acceptors (Lipinski definition) is 6. The Labute approximate surface area is 168 Å². The summed E-state index contributed by atoms with van der Waals surface area (Å²) in [4.78, 5) is 2.54. The fourth-order valence-electron chi connectivity index (χ4n) is 3.86. The molecule has 2 aliphatic heterocycles. The van der Waals surface area contributed by atoms with Gasteiger partial charge in [0.05, 0.1) is 14.2 Å². The van der Waals surface area contributed by atoms with Crippen LogP contribution in [0.1, 0.15) is 24.4 Å². The van der Waals surface area contributed by atoms with Crippen molar-refractivity contribution in [1.82, 2.24) is 10.2 Å². The van der Waals surface area contributed by atoms with E-state index in [0.717, 1.165) is 57.8 Å². The summed E-state index contributed by atoms with van der Waals surface area (Å²) in [6, 6.07) is 4.21. The lowest BCUT2D eigenvalue weighted by molar-refractivity contribution is 0.0212. The van der Waals surface area contributed by atoms with Crippen molar-refractivity contribution in [2.24, 2.45) is 5.92 Å². The molecule has 0 spiro atoms. The summed E-state index contributed by atoms with van der Waals surface area (Å²) in [5.41, 5.74) is 1.15. The number of hydrogen-bond donors (Lipinski definition) is 2. The zero-order chi connectivity index (χ0) is 16.9. The van der Waals surface area contributed by atoms with E-state index >= 15 is 0 Å². The van der Waals surface area contributed by atoms with Crippen molar-refractivity contribution in [2.75, 3.05) is 53.6 Å². The molecule has 0 radical (unpaired) electrons. The standard InChI is InChI=1S/C18H28N2O4.2ClH/c1-22-15-11-14(12-16(23-2)18(15)21)17(13-3-9-24-10-4-13)20-7-5-19-6-8-20;;/h11-13,17,19,21H,3-10H2,1-2H3;2*1H/t17-;;/m0../s1. The molecule has 2 N–H and O–H groups in total. The molecule has 2 fully saturated rings. The zero-order valence-corrected chi connectivity index (χ0v) is 17.0. The molecule has 26 heavy (non-hydrogen) atoms. The Kier molecular flexibility index (Phi) is 9.82. The summed E-state index contributed by atoms with van der Waals surface area (Å²) < 4.78 is 16.3. The summed E-state index contributed by atoms with van der Waals surface area (Å²) in [6.45, 7) is 5.69. The molecule has 0 saturated carbocycles. The number of piperazine rings is 1. The van der Waals surface area contributed by atoms with Crippen molar-refractivity contribution in [3.05, 3.63) is 17.7 Å². The van der Waals surface area contributed by atoms with Crippen LogP contribution in [0.3, 0.4) is 0 Å². The molecular weight excluding hydrogens is 379 g/mol. The van der Waals surface area contributed by atoms with Gasteiger partial charge in [0, 0.05) is 45.4 Å². The number of rotatable bonds is 5. The zero-order valence-electron chi connectivity index (χ0n) is 15.4. The van der Waals surface area contributed by atoms with Gasteiger partial charge < -0.3 is 24.6 Å². The maximum absolute atomic E-state index is 10.2. The average Bonchev–Trinajstić information content (AvgIpc) is 2.65. The first kappa shape index (κ1) is 23.1. The van der Waals surface area contributed by atoms with E-state index in [1.807, 2.05) is 12.1 Å². The molecule has 1 aromatic carbocycles. The SMILES string of the molecule is COc1cc([C@H](C2CCOCC2)N2CCNCC2)cc(OC)c1O.Cl.Cl. The van der Waals surface area contributed by atoms with Crippen molar-refractivity contribution in [1.29, 1.82) is 0 Å². The number of phenols is 1. The predicted molar refractivity (Wildman–Crippen MR) is 106 cm³/mol. The second kappa shape index (κ2) is 11.0. The van der Waals surface area contributed by atoms with E-state index in [2.05, 4.69) is 10.2 Å². The molecule has 2 aliphatic rings. The molecule has 8 heteroatoms. The average molecular weight is 409 g/mol. The van der Waals surface area contributed by atoms with Gasteiger partial charge in [-0.15, -0.1) is 24.8 Å². The lowest BCUT2D eigenvalue weighted by Gasteiger charge is -2.41. The van der Waals surface area contributed by atoms with E-state index in [-0.39, 0.29) is 30.6 Å². The second-order valence-corrected chi connectivity index (χ2v) is 6.45. The van der Waals surface area contributed by atoms with Crippen molar-refractivity contribution < 1.29 is 19.3 Å². The Bertz CT molecular complexity index is 507. The number of nitrogens with zero attached hydrogens (tertiary/aromatic N) is 1. The lowest BCUT2D eigenvalue weighted by atomic mass is 9.85. The summed E-state index contributed by atoms with van der Waals surface area (Å²) in [6.07, 6.45) is 2.11. The molecular formula is C18H30Cl2N2O4.